The molecule has 0 aliphatic heterocycles. The molecule has 132 valence electrons. The van der Waals surface area contributed by atoms with Gasteiger partial charge in [0.1, 0.15) is 5.75 Å². The van der Waals surface area contributed by atoms with Crippen molar-refractivity contribution in [1.82, 2.24) is 0 Å². The summed E-state index contributed by atoms with van der Waals surface area (Å²) in [6.45, 7) is 6.17. The molecule has 0 fully saturated rings. The van der Waals surface area contributed by atoms with Gasteiger partial charge in [-0.25, -0.2) is 0 Å². The van der Waals surface area contributed by atoms with E-state index in [1.54, 1.807) is 13.0 Å². The van der Waals surface area contributed by atoms with E-state index >= 15 is 0 Å². The van der Waals surface area contributed by atoms with Crippen LogP contribution in [0.5, 0.6) is 5.75 Å². The van der Waals surface area contributed by atoms with Crippen LogP contribution in [0, 0.1) is 30.9 Å². The van der Waals surface area contributed by atoms with Crippen LogP contribution in [0.25, 0.3) is 0 Å². The summed E-state index contributed by atoms with van der Waals surface area (Å²) in [7, 11) is 0. The van der Waals surface area contributed by atoms with Gasteiger partial charge in [-0.15, -0.1) is 0 Å². The molecular weight excluding hydrogens is 320 g/mol. The third kappa shape index (κ3) is 5.31. The van der Waals surface area contributed by atoms with E-state index < -0.39 is 4.92 Å². The van der Waals surface area contributed by atoms with Crippen LogP contribution in [0.2, 0.25) is 0 Å². The van der Waals surface area contributed by atoms with E-state index in [9.17, 15) is 14.9 Å². The van der Waals surface area contributed by atoms with Gasteiger partial charge in [0.15, 0.2) is 0 Å². The fraction of sp³-hybridized carbons (Fsp3) is 0.316. The van der Waals surface area contributed by atoms with Gasteiger partial charge in [0.05, 0.1) is 11.5 Å². The maximum Gasteiger partial charge on any atom is 0.269 e. The van der Waals surface area contributed by atoms with Gasteiger partial charge in [0.2, 0.25) is 5.91 Å². The van der Waals surface area contributed by atoms with Crippen LogP contribution in [0.4, 0.5) is 11.4 Å². The minimum absolute atomic E-state index is 0.0115. The molecule has 0 aliphatic rings. The number of carbonyl (C=O) groups excluding carboxylic acids is 1. The topological polar surface area (TPSA) is 81.5 Å². The molecule has 0 radical (unpaired) electrons. The monoisotopic (exact) mass is 342 g/mol. The average molecular weight is 342 g/mol. The lowest BCUT2D eigenvalue weighted by molar-refractivity contribution is -0.384. The van der Waals surface area contributed by atoms with Gasteiger partial charge in [0, 0.05) is 24.2 Å². The fourth-order valence-electron chi connectivity index (χ4n) is 2.39. The number of nitrogens with zero attached hydrogens (tertiary/aromatic N) is 1. The van der Waals surface area contributed by atoms with E-state index in [4.69, 9.17) is 4.74 Å². The third-order valence-electron chi connectivity index (χ3n) is 3.84. The van der Waals surface area contributed by atoms with Gasteiger partial charge in [-0.2, -0.15) is 0 Å². The Bertz CT molecular complexity index is 787. The van der Waals surface area contributed by atoms with Crippen LogP contribution in [0.15, 0.2) is 36.4 Å². The Morgan fingerprint density at radius 3 is 2.56 bits per heavy atom. The summed E-state index contributed by atoms with van der Waals surface area (Å²) in [5.41, 5.74) is 3.46. The van der Waals surface area contributed by atoms with Gasteiger partial charge in [-0.1, -0.05) is 12.1 Å². The van der Waals surface area contributed by atoms with Crippen LogP contribution in [-0.4, -0.2) is 17.4 Å². The Balaban J connectivity index is 1.81. The lowest BCUT2D eigenvalue weighted by atomic mass is 10.1. The molecule has 0 bridgehead atoms. The molecule has 0 spiro atoms. The summed E-state index contributed by atoms with van der Waals surface area (Å²) in [5.74, 6) is 0.702. The second-order valence-electron chi connectivity index (χ2n) is 6.03. The Labute approximate surface area is 147 Å². The minimum Gasteiger partial charge on any atom is -0.493 e. The molecule has 1 N–H and O–H groups in total. The van der Waals surface area contributed by atoms with Crippen molar-refractivity contribution >= 4 is 17.3 Å². The Morgan fingerprint density at radius 2 is 1.88 bits per heavy atom. The van der Waals surface area contributed by atoms with E-state index in [0.717, 1.165) is 16.9 Å². The van der Waals surface area contributed by atoms with Crippen molar-refractivity contribution in [3.63, 3.8) is 0 Å². The van der Waals surface area contributed by atoms with Crippen molar-refractivity contribution in [2.75, 3.05) is 11.9 Å². The number of nitro benzene ring substituents is 1. The number of anilines is 1. The number of hydrogen-bond donors (Lipinski definition) is 1. The molecule has 0 saturated carbocycles. The molecule has 2 aromatic carbocycles. The van der Waals surface area contributed by atoms with Crippen molar-refractivity contribution in [2.24, 2.45) is 0 Å². The quantitative estimate of drug-likeness (QED) is 0.461. The zero-order valence-electron chi connectivity index (χ0n) is 14.7. The molecule has 1 amide bonds. The molecule has 6 heteroatoms. The van der Waals surface area contributed by atoms with Crippen molar-refractivity contribution < 1.29 is 14.5 Å². The number of benzene rings is 2. The van der Waals surface area contributed by atoms with Crippen LogP contribution in [0.1, 0.15) is 29.5 Å². The number of nitro groups is 1. The number of carbonyl (C=O) groups is 1. The predicted molar refractivity (Wildman–Crippen MR) is 97.1 cm³/mol. The van der Waals surface area contributed by atoms with E-state index in [0.29, 0.717) is 30.7 Å². The average Bonchev–Trinajstić information content (AvgIpc) is 2.56. The second-order valence-corrected chi connectivity index (χ2v) is 6.03. The number of amides is 1. The number of nitrogens with one attached hydrogen (secondary N) is 1. The second kappa shape index (κ2) is 8.28. The molecule has 2 rings (SSSR count). The molecule has 0 heterocycles. The lowest BCUT2D eigenvalue weighted by Gasteiger charge is -2.11. The standard InChI is InChI=1S/C19H22N2O4/c1-13-6-7-14(2)18(11-13)25-10-4-5-19(22)20-17-9-8-16(21(23)24)12-15(17)3/h6-9,11-12H,4-5,10H2,1-3H3,(H,20,22). The summed E-state index contributed by atoms with van der Waals surface area (Å²) in [6, 6.07) is 10.4. The first-order valence-electron chi connectivity index (χ1n) is 8.12. The molecule has 0 aliphatic carbocycles. The predicted octanol–water partition coefficient (Wildman–Crippen LogP) is 4.32. The molecule has 0 unspecified atom stereocenters. The number of ether oxygens (including phenoxy) is 1. The van der Waals surface area contributed by atoms with Gasteiger partial charge in [-0.05, 0) is 56.0 Å². The van der Waals surface area contributed by atoms with Crippen LogP contribution < -0.4 is 10.1 Å². The Kier molecular flexibility index (Phi) is 6.11. The zero-order valence-corrected chi connectivity index (χ0v) is 14.7. The normalized spacial score (nSPS) is 10.4. The first-order chi connectivity index (χ1) is 11.9. The number of hydrogen-bond acceptors (Lipinski definition) is 4. The first-order valence-corrected chi connectivity index (χ1v) is 8.12. The van der Waals surface area contributed by atoms with E-state index in [-0.39, 0.29) is 11.6 Å². The summed E-state index contributed by atoms with van der Waals surface area (Å²) in [4.78, 5) is 22.3. The van der Waals surface area contributed by atoms with Crippen LogP contribution >= 0.6 is 0 Å². The molecule has 2 aromatic rings. The highest BCUT2D eigenvalue weighted by Gasteiger charge is 2.10. The maximum atomic E-state index is 12.0. The van der Waals surface area contributed by atoms with E-state index in [1.165, 1.54) is 12.1 Å². The SMILES string of the molecule is Cc1ccc(C)c(OCCCC(=O)Nc2ccc([N+](=O)[O-])cc2C)c1. The number of aryl methyl sites for hydroxylation is 3. The number of non-ortho nitro benzene ring substituents is 1. The summed E-state index contributed by atoms with van der Waals surface area (Å²) >= 11 is 0. The third-order valence-corrected chi connectivity index (χ3v) is 3.84. The Hall–Kier alpha value is -2.89. The molecular formula is C19H22N2O4. The van der Waals surface area contributed by atoms with Gasteiger partial charge in [0.25, 0.3) is 5.69 Å². The summed E-state index contributed by atoms with van der Waals surface area (Å²) < 4.78 is 5.73. The highest BCUT2D eigenvalue weighted by Crippen LogP contribution is 2.22. The largest absolute Gasteiger partial charge is 0.493 e. The van der Waals surface area contributed by atoms with E-state index in [1.807, 2.05) is 32.0 Å². The fourth-order valence-corrected chi connectivity index (χ4v) is 2.39. The summed E-state index contributed by atoms with van der Waals surface area (Å²) in [6.07, 6.45) is 0.909. The van der Waals surface area contributed by atoms with Gasteiger partial charge < -0.3 is 10.1 Å². The first kappa shape index (κ1) is 18.4. The maximum absolute atomic E-state index is 12.0. The summed E-state index contributed by atoms with van der Waals surface area (Å²) in [5, 5.41) is 13.5. The molecule has 0 aromatic heterocycles. The van der Waals surface area contributed by atoms with Crippen molar-refractivity contribution in [1.29, 1.82) is 0 Å². The molecule has 6 nitrogen and oxygen atoms in total. The molecule has 25 heavy (non-hydrogen) atoms. The van der Waals surface area contributed by atoms with Crippen LogP contribution in [0.3, 0.4) is 0 Å². The minimum atomic E-state index is -0.455. The van der Waals surface area contributed by atoms with E-state index in [2.05, 4.69) is 5.32 Å². The smallest absolute Gasteiger partial charge is 0.269 e. The van der Waals surface area contributed by atoms with Gasteiger partial charge in [-0.3, -0.25) is 14.9 Å². The Morgan fingerprint density at radius 1 is 1.12 bits per heavy atom. The van der Waals surface area contributed by atoms with Gasteiger partial charge >= 0.3 is 0 Å². The van der Waals surface area contributed by atoms with Crippen molar-refractivity contribution in [3.8, 4) is 5.75 Å². The zero-order chi connectivity index (χ0) is 18.4. The highest BCUT2D eigenvalue weighted by molar-refractivity contribution is 5.91. The van der Waals surface area contributed by atoms with Crippen molar-refractivity contribution in [2.45, 2.75) is 33.6 Å². The highest BCUT2D eigenvalue weighted by atomic mass is 16.6. The molecule has 0 atom stereocenters. The molecule has 0 saturated heterocycles. The van der Waals surface area contributed by atoms with Crippen LogP contribution in [-0.2, 0) is 4.79 Å². The lowest BCUT2D eigenvalue weighted by Crippen LogP contribution is -2.13. The van der Waals surface area contributed by atoms with Crippen molar-refractivity contribution in [3.05, 3.63) is 63.2 Å². The number of rotatable bonds is 7.